The highest BCUT2D eigenvalue weighted by Gasteiger charge is 2.17. The van der Waals surface area contributed by atoms with E-state index in [2.05, 4.69) is 10.6 Å². The van der Waals surface area contributed by atoms with E-state index >= 15 is 0 Å². The lowest BCUT2D eigenvalue weighted by atomic mass is 10.2. The maximum Gasteiger partial charge on any atom is 0.238 e. The molecule has 6 heteroatoms. The third-order valence-corrected chi connectivity index (χ3v) is 4.38. The van der Waals surface area contributed by atoms with E-state index in [9.17, 15) is 4.79 Å². The minimum Gasteiger partial charge on any atom is -0.497 e. The van der Waals surface area contributed by atoms with Gasteiger partial charge in [-0.3, -0.25) is 4.79 Å². The zero-order valence-corrected chi connectivity index (χ0v) is 15.6. The van der Waals surface area contributed by atoms with Crippen molar-refractivity contribution >= 4 is 11.6 Å². The monoisotopic (exact) mass is 370 g/mol. The number of carbonyl (C=O) groups excluding carboxylic acids is 1. The molecule has 1 heterocycles. The molecule has 2 N–H and O–H groups in total. The Hall–Kier alpha value is -2.57. The summed E-state index contributed by atoms with van der Waals surface area (Å²) in [5.74, 6) is 1.37. The third-order valence-electron chi connectivity index (χ3n) is 4.38. The van der Waals surface area contributed by atoms with Gasteiger partial charge in [-0.1, -0.05) is 24.3 Å². The molecule has 1 aliphatic rings. The fourth-order valence-electron chi connectivity index (χ4n) is 2.91. The number of hydrogen-bond acceptors (Lipinski definition) is 5. The number of para-hydroxylation sites is 2. The summed E-state index contributed by atoms with van der Waals surface area (Å²) in [6.45, 7) is 2.12. The normalized spacial score (nSPS) is 16.1. The molecular formula is C21H26N2O4. The molecule has 0 saturated carbocycles. The summed E-state index contributed by atoms with van der Waals surface area (Å²) < 4.78 is 16.6. The molecule has 1 saturated heterocycles. The summed E-state index contributed by atoms with van der Waals surface area (Å²) in [7, 11) is 1.64. The molecular weight excluding hydrogens is 344 g/mol. The molecule has 3 rings (SSSR count). The van der Waals surface area contributed by atoms with E-state index in [1.54, 1.807) is 7.11 Å². The Labute approximate surface area is 159 Å². The molecule has 1 amide bonds. The van der Waals surface area contributed by atoms with Gasteiger partial charge in [0.25, 0.3) is 0 Å². The van der Waals surface area contributed by atoms with Gasteiger partial charge in [0.15, 0.2) is 0 Å². The van der Waals surface area contributed by atoms with Crippen LogP contribution in [0.2, 0.25) is 0 Å². The van der Waals surface area contributed by atoms with Crippen molar-refractivity contribution in [3.05, 3.63) is 54.1 Å². The van der Waals surface area contributed by atoms with Crippen LogP contribution in [0.1, 0.15) is 18.4 Å². The van der Waals surface area contributed by atoms with Gasteiger partial charge in [0.05, 0.1) is 25.4 Å². The number of amides is 1. The van der Waals surface area contributed by atoms with Crippen LogP contribution in [0.5, 0.6) is 11.5 Å². The molecule has 144 valence electrons. The number of carbonyl (C=O) groups is 1. The summed E-state index contributed by atoms with van der Waals surface area (Å²) in [5.41, 5.74) is 1.76. The van der Waals surface area contributed by atoms with Crippen molar-refractivity contribution in [2.24, 2.45) is 0 Å². The number of anilines is 1. The molecule has 2 aromatic rings. The fraction of sp³-hybridized carbons (Fsp3) is 0.381. The van der Waals surface area contributed by atoms with Gasteiger partial charge in [0.2, 0.25) is 5.91 Å². The molecule has 0 radical (unpaired) electrons. The summed E-state index contributed by atoms with van der Waals surface area (Å²) in [6.07, 6.45) is 2.23. The molecule has 27 heavy (non-hydrogen) atoms. The van der Waals surface area contributed by atoms with Crippen molar-refractivity contribution in [3.8, 4) is 11.5 Å². The second-order valence-electron chi connectivity index (χ2n) is 6.44. The first-order chi connectivity index (χ1) is 13.2. The van der Waals surface area contributed by atoms with Crippen LogP contribution in [0.25, 0.3) is 0 Å². The number of rotatable bonds is 9. The highest BCUT2D eigenvalue weighted by Crippen LogP contribution is 2.25. The Morgan fingerprint density at radius 3 is 2.74 bits per heavy atom. The van der Waals surface area contributed by atoms with E-state index < -0.39 is 0 Å². The summed E-state index contributed by atoms with van der Waals surface area (Å²) in [4.78, 5) is 12.2. The van der Waals surface area contributed by atoms with Crippen LogP contribution < -0.4 is 20.1 Å². The van der Waals surface area contributed by atoms with Gasteiger partial charge in [0, 0.05) is 13.2 Å². The van der Waals surface area contributed by atoms with Gasteiger partial charge in [-0.15, -0.1) is 0 Å². The lowest BCUT2D eigenvalue weighted by Crippen LogP contribution is -2.28. The summed E-state index contributed by atoms with van der Waals surface area (Å²) in [6, 6.07) is 15.2. The lowest BCUT2D eigenvalue weighted by Gasteiger charge is -2.15. The van der Waals surface area contributed by atoms with Crippen LogP contribution in [-0.4, -0.2) is 38.9 Å². The van der Waals surface area contributed by atoms with Crippen LogP contribution >= 0.6 is 0 Å². The van der Waals surface area contributed by atoms with Gasteiger partial charge in [-0.25, -0.2) is 0 Å². The first kappa shape index (κ1) is 19.2. The first-order valence-corrected chi connectivity index (χ1v) is 9.21. The Kier molecular flexibility index (Phi) is 7.07. The quantitative estimate of drug-likeness (QED) is 0.710. The Bertz CT molecular complexity index is 727. The molecule has 1 unspecified atom stereocenters. The Morgan fingerprint density at radius 1 is 1.19 bits per heavy atom. The maximum atomic E-state index is 12.2. The van der Waals surface area contributed by atoms with E-state index in [4.69, 9.17) is 14.2 Å². The van der Waals surface area contributed by atoms with E-state index in [1.807, 2.05) is 48.5 Å². The third kappa shape index (κ3) is 5.98. The second-order valence-corrected chi connectivity index (χ2v) is 6.44. The highest BCUT2D eigenvalue weighted by atomic mass is 16.5. The molecule has 2 aromatic carbocycles. The van der Waals surface area contributed by atoms with Gasteiger partial charge in [0.1, 0.15) is 18.1 Å². The van der Waals surface area contributed by atoms with Crippen molar-refractivity contribution in [1.82, 2.24) is 5.32 Å². The largest absolute Gasteiger partial charge is 0.497 e. The zero-order valence-electron chi connectivity index (χ0n) is 15.6. The number of methoxy groups -OCH3 is 1. The van der Waals surface area contributed by atoms with Crippen LogP contribution in [0.15, 0.2) is 48.5 Å². The Balaban J connectivity index is 1.45. The molecule has 0 aliphatic carbocycles. The highest BCUT2D eigenvalue weighted by molar-refractivity contribution is 5.93. The second kappa shape index (κ2) is 9.94. The van der Waals surface area contributed by atoms with Crippen LogP contribution in [0.3, 0.4) is 0 Å². The van der Waals surface area contributed by atoms with Crippen molar-refractivity contribution in [2.45, 2.75) is 25.5 Å². The smallest absolute Gasteiger partial charge is 0.238 e. The van der Waals surface area contributed by atoms with Crippen LogP contribution in [0.4, 0.5) is 5.69 Å². The van der Waals surface area contributed by atoms with E-state index in [0.717, 1.165) is 30.8 Å². The van der Waals surface area contributed by atoms with E-state index in [0.29, 0.717) is 24.6 Å². The first-order valence-electron chi connectivity index (χ1n) is 9.21. The zero-order chi connectivity index (χ0) is 18.9. The summed E-state index contributed by atoms with van der Waals surface area (Å²) >= 11 is 0. The SMILES string of the molecule is COc1ccc(CNCC(=O)Nc2ccccc2OCC2CCCO2)cc1. The molecule has 6 nitrogen and oxygen atoms in total. The van der Waals surface area contributed by atoms with Gasteiger partial charge in [-0.05, 0) is 42.7 Å². The lowest BCUT2D eigenvalue weighted by molar-refractivity contribution is -0.115. The van der Waals surface area contributed by atoms with Crippen LogP contribution in [0, 0.1) is 0 Å². The Morgan fingerprint density at radius 2 is 2.00 bits per heavy atom. The topological polar surface area (TPSA) is 68.8 Å². The van der Waals surface area contributed by atoms with Crippen molar-refractivity contribution in [1.29, 1.82) is 0 Å². The number of nitrogens with one attached hydrogen (secondary N) is 2. The van der Waals surface area contributed by atoms with Gasteiger partial charge < -0.3 is 24.8 Å². The standard InChI is InChI=1S/C21H26N2O4/c1-25-17-10-8-16(9-11-17)13-22-14-21(24)23-19-6-2-3-7-20(19)27-15-18-5-4-12-26-18/h2-3,6-11,18,22H,4-5,12-15H2,1H3,(H,23,24). The molecule has 1 atom stereocenters. The molecule has 0 bridgehead atoms. The molecule has 0 aromatic heterocycles. The fourth-order valence-corrected chi connectivity index (χ4v) is 2.91. The molecule has 1 aliphatic heterocycles. The molecule has 1 fully saturated rings. The van der Waals surface area contributed by atoms with Crippen LogP contribution in [-0.2, 0) is 16.1 Å². The average Bonchev–Trinajstić information content (AvgIpc) is 3.21. The maximum absolute atomic E-state index is 12.2. The van der Waals surface area contributed by atoms with Crippen molar-refractivity contribution < 1.29 is 19.0 Å². The van der Waals surface area contributed by atoms with E-state index in [-0.39, 0.29) is 18.6 Å². The number of hydrogen-bond donors (Lipinski definition) is 2. The summed E-state index contributed by atoms with van der Waals surface area (Å²) in [5, 5.41) is 6.04. The minimum atomic E-state index is -0.114. The van der Waals surface area contributed by atoms with Gasteiger partial charge >= 0.3 is 0 Å². The average molecular weight is 370 g/mol. The molecule has 0 spiro atoms. The number of ether oxygens (including phenoxy) is 3. The van der Waals surface area contributed by atoms with Crippen molar-refractivity contribution in [2.75, 3.05) is 32.2 Å². The minimum absolute atomic E-state index is 0.114. The predicted octanol–water partition coefficient (Wildman–Crippen LogP) is 2.98. The van der Waals surface area contributed by atoms with Crippen molar-refractivity contribution in [3.63, 3.8) is 0 Å². The predicted molar refractivity (Wildman–Crippen MR) is 104 cm³/mol. The van der Waals surface area contributed by atoms with E-state index in [1.165, 1.54) is 0 Å². The van der Waals surface area contributed by atoms with Gasteiger partial charge in [-0.2, -0.15) is 0 Å². The number of benzene rings is 2.